The Kier molecular flexibility index (Phi) is 4.75. The van der Waals surface area contributed by atoms with Crippen molar-refractivity contribution in [2.24, 2.45) is 0 Å². The quantitative estimate of drug-likeness (QED) is 0.486. The van der Waals surface area contributed by atoms with E-state index in [0.29, 0.717) is 39.4 Å². The highest BCUT2D eigenvalue weighted by Gasteiger charge is 2.25. The van der Waals surface area contributed by atoms with Crippen LogP contribution in [0.5, 0.6) is 11.5 Å². The maximum Gasteiger partial charge on any atom is 0.336 e. The summed E-state index contributed by atoms with van der Waals surface area (Å²) in [6.45, 7) is 0.0912. The predicted octanol–water partition coefficient (Wildman–Crippen LogP) is 4.08. The zero-order valence-corrected chi connectivity index (χ0v) is 16.4. The van der Waals surface area contributed by atoms with Crippen LogP contribution in [0.25, 0.3) is 22.4 Å². The van der Waals surface area contributed by atoms with Crippen LogP contribution >= 0.6 is 0 Å². The summed E-state index contributed by atoms with van der Waals surface area (Å²) in [7, 11) is 0. The molecular weight excluding hydrogens is 414 g/mol. The highest BCUT2D eigenvalue weighted by molar-refractivity contribution is 6.08. The van der Waals surface area contributed by atoms with Crippen LogP contribution in [-0.2, 0) is 0 Å². The van der Waals surface area contributed by atoms with Crippen molar-refractivity contribution >= 4 is 17.8 Å². The number of nitrogens with one attached hydrogen (secondary N) is 1. The van der Waals surface area contributed by atoms with E-state index in [0.717, 1.165) is 0 Å². The maximum atomic E-state index is 12.9. The van der Waals surface area contributed by atoms with Gasteiger partial charge in [-0.05, 0) is 36.4 Å². The Balaban J connectivity index is 1.60. The number of hydrogen-bond acceptors (Lipinski definition) is 7. The van der Waals surface area contributed by atoms with Crippen molar-refractivity contribution in [1.29, 1.82) is 0 Å². The number of ether oxygens (including phenoxy) is 2. The van der Waals surface area contributed by atoms with Crippen LogP contribution < -0.4 is 14.8 Å². The molecule has 9 heteroatoms. The van der Waals surface area contributed by atoms with Gasteiger partial charge in [-0.2, -0.15) is 0 Å². The minimum atomic E-state index is -1.12. The molecule has 0 saturated heterocycles. The molecule has 1 amide bonds. The number of amides is 1. The molecule has 32 heavy (non-hydrogen) atoms. The molecule has 158 valence electrons. The van der Waals surface area contributed by atoms with E-state index < -0.39 is 11.9 Å². The summed E-state index contributed by atoms with van der Waals surface area (Å²) in [6.07, 6.45) is 3.17. The van der Waals surface area contributed by atoms with Gasteiger partial charge in [0.1, 0.15) is 5.69 Å². The first-order valence-corrected chi connectivity index (χ1v) is 9.55. The summed E-state index contributed by atoms with van der Waals surface area (Å²) in [6, 6.07) is 14.7. The zero-order valence-electron chi connectivity index (χ0n) is 16.4. The number of carbonyl (C=O) groups is 2. The summed E-state index contributed by atoms with van der Waals surface area (Å²) in [5.41, 5.74) is 2.10. The topological polar surface area (TPSA) is 124 Å². The molecular formula is C23H15N3O6. The summed E-state index contributed by atoms with van der Waals surface area (Å²) < 4.78 is 16.1. The number of benzene rings is 2. The summed E-state index contributed by atoms with van der Waals surface area (Å²) >= 11 is 0. The van der Waals surface area contributed by atoms with E-state index in [1.54, 1.807) is 60.9 Å². The number of carboxylic acid groups (broad SMARTS) is 1. The van der Waals surface area contributed by atoms with Crippen molar-refractivity contribution in [2.75, 3.05) is 12.1 Å². The first-order chi connectivity index (χ1) is 15.6. The summed E-state index contributed by atoms with van der Waals surface area (Å²) in [5.74, 6) is -0.556. The van der Waals surface area contributed by atoms with Gasteiger partial charge in [0.2, 0.25) is 12.7 Å². The molecule has 0 spiro atoms. The van der Waals surface area contributed by atoms with Gasteiger partial charge in [-0.15, -0.1) is 0 Å². The number of rotatable bonds is 5. The Morgan fingerprint density at radius 1 is 0.969 bits per heavy atom. The zero-order chi connectivity index (χ0) is 22.1. The van der Waals surface area contributed by atoms with E-state index in [2.05, 4.69) is 15.5 Å². The summed E-state index contributed by atoms with van der Waals surface area (Å²) in [5, 5.41) is 16.5. The number of carbonyl (C=O) groups excluding carboxylic acids is 1. The van der Waals surface area contributed by atoms with Gasteiger partial charge in [-0.3, -0.25) is 15.1 Å². The Hall–Kier alpha value is -4.66. The van der Waals surface area contributed by atoms with Gasteiger partial charge in [0.25, 0.3) is 5.91 Å². The van der Waals surface area contributed by atoms with Crippen LogP contribution in [0.4, 0.5) is 5.88 Å². The minimum absolute atomic E-state index is 0.0215. The van der Waals surface area contributed by atoms with Gasteiger partial charge in [-0.25, -0.2) is 4.79 Å². The van der Waals surface area contributed by atoms with E-state index >= 15 is 0 Å². The van der Waals surface area contributed by atoms with Crippen molar-refractivity contribution in [1.82, 2.24) is 10.1 Å². The number of aromatic carboxylic acids is 1. The molecule has 3 heterocycles. The van der Waals surface area contributed by atoms with Crippen molar-refractivity contribution in [3.63, 3.8) is 0 Å². The van der Waals surface area contributed by atoms with Gasteiger partial charge in [0, 0.05) is 29.1 Å². The van der Waals surface area contributed by atoms with Crippen LogP contribution in [-0.4, -0.2) is 33.9 Å². The van der Waals surface area contributed by atoms with Gasteiger partial charge in [0.05, 0.1) is 11.1 Å². The van der Waals surface area contributed by atoms with Crippen LogP contribution in [0.1, 0.15) is 20.7 Å². The van der Waals surface area contributed by atoms with Gasteiger partial charge in [0.15, 0.2) is 11.5 Å². The molecule has 9 nitrogen and oxygen atoms in total. The third-order valence-electron chi connectivity index (χ3n) is 4.93. The molecule has 1 aliphatic rings. The van der Waals surface area contributed by atoms with Crippen LogP contribution in [0.2, 0.25) is 0 Å². The highest BCUT2D eigenvalue weighted by Crippen LogP contribution is 2.40. The molecule has 2 aromatic heterocycles. The lowest BCUT2D eigenvalue weighted by atomic mass is 9.97. The van der Waals surface area contributed by atoms with E-state index in [1.165, 1.54) is 6.07 Å². The number of pyridine rings is 1. The molecule has 0 atom stereocenters. The fourth-order valence-corrected chi connectivity index (χ4v) is 3.43. The minimum Gasteiger partial charge on any atom is -0.478 e. The number of aromatic nitrogens is 2. The Morgan fingerprint density at radius 3 is 2.56 bits per heavy atom. The lowest BCUT2D eigenvalue weighted by Gasteiger charge is -2.09. The van der Waals surface area contributed by atoms with Crippen molar-refractivity contribution in [3.05, 3.63) is 78.1 Å². The SMILES string of the molecule is O=C(Nc1onc(-c2ccncc2)c1-c1ccccc1C(=O)O)c1ccc2c(c1)OCO2. The number of nitrogens with zero attached hydrogens (tertiary/aromatic N) is 2. The average Bonchev–Trinajstić information content (AvgIpc) is 3.46. The average molecular weight is 429 g/mol. The van der Waals surface area contributed by atoms with Gasteiger partial charge >= 0.3 is 5.97 Å². The predicted molar refractivity (Wildman–Crippen MR) is 113 cm³/mol. The Bertz CT molecular complexity index is 1330. The normalized spacial score (nSPS) is 11.9. The first-order valence-electron chi connectivity index (χ1n) is 9.55. The van der Waals surface area contributed by atoms with E-state index in [1.807, 2.05) is 0 Å². The largest absolute Gasteiger partial charge is 0.478 e. The molecule has 1 aliphatic heterocycles. The number of anilines is 1. The lowest BCUT2D eigenvalue weighted by molar-refractivity contribution is 0.0697. The molecule has 2 aromatic carbocycles. The van der Waals surface area contributed by atoms with Crippen molar-refractivity contribution in [2.45, 2.75) is 0 Å². The second-order valence-corrected chi connectivity index (χ2v) is 6.84. The number of hydrogen-bond donors (Lipinski definition) is 2. The monoisotopic (exact) mass is 429 g/mol. The summed E-state index contributed by atoms with van der Waals surface area (Å²) in [4.78, 5) is 28.8. The third-order valence-corrected chi connectivity index (χ3v) is 4.93. The maximum absolute atomic E-state index is 12.9. The molecule has 0 unspecified atom stereocenters. The third kappa shape index (κ3) is 3.41. The van der Waals surface area contributed by atoms with Gasteiger partial charge < -0.3 is 19.1 Å². The van der Waals surface area contributed by atoms with Crippen LogP contribution in [0, 0.1) is 0 Å². The van der Waals surface area contributed by atoms with Crippen molar-refractivity contribution in [3.8, 4) is 33.9 Å². The number of carboxylic acids is 1. The molecule has 5 rings (SSSR count). The molecule has 0 bridgehead atoms. The first kappa shape index (κ1) is 19.3. The molecule has 2 N–H and O–H groups in total. The second-order valence-electron chi connectivity index (χ2n) is 6.84. The van der Waals surface area contributed by atoms with Crippen LogP contribution in [0.15, 0.2) is 71.5 Å². The highest BCUT2D eigenvalue weighted by atomic mass is 16.7. The fraction of sp³-hybridized carbons (Fsp3) is 0.0435. The van der Waals surface area contributed by atoms with E-state index in [4.69, 9.17) is 14.0 Å². The van der Waals surface area contributed by atoms with E-state index in [9.17, 15) is 14.7 Å². The molecule has 0 aliphatic carbocycles. The fourth-order valence-electron chi connectivity index (χ4n) is 3.43. The molecule has 0 fully saturated rings. The van der Waals surface area contributed by atoms with Gasteiger partial charge in [-0.1, -0.05) is 23.4 Å². The van der Waals surface area contributed by atoms with Crippen molar-refractivity contribution < 1.29 is 28.7 Å². The molecule has 0 radical (unpaired) electrons. The number of fused-ring (bicyclic) bond motifs is 1. The second kappa shape index (κ2) is 7.88. The lowest BCUT2D eigenvalue weighted by Crippen LogP contribution is -2.12. The smallest absolute Gasteiger partial charge is 0.336 e. The standard InChI is InChI=1S/C23H15N3O6/c27-21(14-5-6-17-18(11-14)31-12-30-17)25-22-19(15-3-1-2-4-16(15)23(28)29)20(26-32-22)13-7-9-24-10-8-13/h1-11H,12H2,(H,25,27)(H,28,29). The Labute approximate surface area is 181 Å². The Morgan fingerprint density at radius 2 is 1.75 bits per heavy atom. The molecule has 0 saturated carbocycles. The van der Waals surface area contributed by atoms with E-state index in [-0.39, 0.29) is 18.2 Å². The van der Waals surface area contributed by atoms with Crippen LogP contribution in [0.3, 0.4) is 0 Å². The molecule has 4 aromatic rings.